The fourth-order valence-corrected chi connectivity index (χ4v) is 1.13. The second-order valence-electron chi connectivity index (χ2n) is 1.54. The number of carboxylic acid groups (broad SMARTS) is 1. The zero-order valence-corrected chi connectivity index (χ0v) is 8.34. The van der Waals surface area contributed by atoms with Gasteiger partial charge in [-0.2, -0.15) is 0 Å². The molecule has 1 heterocycles. The molecule has 1 aromatic heterocycles. The normalized spacial score (nSPS) is 9.80. The molecule has 0 bridgehead atoms. The van der Waals surface area contributed by atoms with Crippen LogP contribution < -0.4 is 0 Å². The van der Waals surface area contributed by atoms with Crippen molar-refractivity contribution in [3.05, 3.63) is 20.1 Å². The summed E-state index contributed by atoms with van der Waals surface area (Å²) in [7, 11) is 0. The van der Waals surface area contributed by atoms with E-state index in [2.05, 4.69) is 15.9 Å². The van der Waals surface area contributed by atoms with Crippen molar-refractivity contribution in [1.82, 2.24) is 0 Å². The number of carbonyl (C=O) groups is 1. The van der Waals surface area contributed by atoms with Crippen LogP contribution in [0.15, 0.2) is 15.0 Å². The highest BCUT2D eigenvalue weighted by atomic mass is 127. The van der Waals surface area contributed by atoms with Crippen LogP contribution in [0.5, 0.6) is 0 Å². The Labute approximate surface area is 78.7 Å². The zero-order valence-electron chi connectivity index (χ0n) is 4.60. The highest BCUT2D eigenvalue weighted by Crippen LogP contribution is 2.22. The van der Waals surface area contributed by atoms with Gasteiger partial charge in [-0.05, 0) is 15.9 Å². The molecule has 0 aliphatic carbocycles. The van der Waals surface area contributed by atoms with Gasteiger partial charge in [0, 0.05) is 28.7 Å². The van der Waals surface area contributed by atoms with Gasteiger partial charge in [0.2, 0.25) is 5.76 Å². The van der Waals surface area contributed by atoms with E-state index in [9.17, 15) is 4.79 Å². The van der Waals surface area contributed by atoms with E-state index in [0.717, 1.165) is 0 Å². The number of furan rings is 1. The number of hydrogen-bond donors (Lipinski definition) is 1. The molecule has 0 saturated heterocycles. The molecule has 0 aliphatic rings. The molecular formula is C5H2BrIO3. The van der Waals surface area contributed by atoms with Crippen LogP contribution in [0, 0.1) is 3.77 Å². The van der Waals surface area contributed by atoms with Crippen LogP contribution in [0.1, 0.15) is 10.6 Å². The number of rotatable bonds is 1. The third kappa shape index (κ3) is 1.51. The van der Waals surface area contributed by atoms with Crippen molar-refractivity contribution in [2.75, 3.05) is 0 Å². The molecule has 0 amide bonds. The Morgan fingerprint density at radius 1 is 1.80 bits per heavy atom. The van der Waals surface area contributed by atoms with Crippen LogP contribution in [-0.4, -0.2) is 11.1 Å². The monoisotopic (exact) mass is 316 g/mol. The van der Waals surface area contributed by atoms with E-state index < -0.39 is 5.97 Å². The smallest absolute Gasteiger partial charge is 0.371 e. The molecule has 1 N–H and O–H groups in total. The predicted octanol–water partition coefficient (Wildman–Crippen LogP) is 2.34. The average molecular weight is 317 g/mol. The standard InChI is InChI=1S/C5H2BrIO3/c6-2-1-3(5(8)9)10-4(2)7/h1H,(H,8,9). The predicted molar refractivity (Wildman–Crippen MR) is 46.1 cm³/mol. The van der Waals surface area contributed by atoms with Crippen LogP contribution in [0.25, 0.3) is 0 Å². The van der Waals surface area contributed by atoms with Gasteiger partial charge < -0.3 is 9.52 Å². The van der Waals surface area contributed by atoms with E-state index in [1.54, 1.807) is 0 Å². The van der Waals surface area contributed by atoms with E-state index >= 15 is 0 Å². The molecule has 0 spiro atoms. The highest BCUT2D eigenvalue weighted by molar-refractivity contribution is 14.1. The first kappa shape index (κ1) is 8.06. The molecule has 0 aliphatic heterocycles. The van der Waals surface area contributed by atoms with Gasteiger partial charge >= 0.3 is 5.97 Å². The summed E-state index contributed by atoms with van der Waals surface area (Å²) in [6.07, 6.45) is 0. The largest absolute Gasteiger partial charge is 0.475 e. The number of carboxylic acids is 1. The molecule has 3 nitrogen and oxygen atoms in total. The Hall–Kier alpha value is -0.0400. The summed E-state index contributed by atoms with van der Waals surface area (Å²) >= 11 is 5.02. The van der Waals surface area contributed by atoms with Crippen LogP contribution in [0.4, 0.5) is 0 Å². The molecule has 54 valence electrons. The van der Waals surface area contributed by atoms with Gasteiger partial charge in [-0.25, -0.2) is 4.79 Å². The molecule has 5 heteroatoms. The highest BCUT2D eigenvalue weighted by Gasteiger charge is 2.11. The van der Waals surface area contributed by atoms with Gasteiger partial charge in [0.15, 0.2) is 3.77 Å². The van der Waals surface area contributed by atoms with Crippen LogP contribution >= 0.6 is 38.5 Å². The molecule has 0 fully saturated rings. The third-order valence-corrected chi connectivity index (χ3v) is 2.99. The van der Waals surface area contributed by atoms with Gasteiger partial charge in [-0.1, -0.05) is 0 Å². The molecule has 10 heavy (non-hydrogen) atoms. The summed E-state index contributed by atoms with van der Waals surface area (Å²) in [5.41, 5.74) is 0. The van der Waals surface area contributed by atoms with E-state index in [0.29, 0.717) is 8.24 Å². The maximum absolute atomic E-state index is 10.2. The van der Waals surface area contributed by atoms with Crippen molar-refractivity contribution in [2.24, 2.45) is 0 Å². The quantitative estimate of drug-likeness (QED) is 0.809. The number of aromatic carboxylic acids is 1. The molecule has 0 unspecified atom stereocenters. The SMILES string of the molecule is O=C(O)c1cc(Br)c(I)o1. The molecule has 0 aromatic carbocycles. The van der Waals surface area contributed by atoms with E-state index in [4.69, 9.17) is 9.52 Å². The Morgan fingerprint density at radius 3 is 2.60 bits per heavy atom. The summed E-state index contributed by atoms with van der Waals surface area (Å²) < 4.78 is 6.04. The van der Waals surface area contributed by atoms with Crippen molar-refractivity contribution in [1.29, 1.82) is 0 Å². The Morgan fingerprint density at radius 2 is 2.40 bits per heavy atom. The first-order valence-electron chi connectivity index (χ1n) is 2.29. The van der Waals surface area contributed by atoms with E-state index in [1.807, 2.05) is 22.6 Å². The molecule has 0 saturated carbocycles. The van der Waals surface area contributed by atoms with E-state index in [1.165, 1.54) is 6.07 Å². The third-order valence-electron chi connectivity index (χ3n) is 0.856. The fraction of sp³-hybridized carbons (Fsp3) is 0. The lowest BCUT2D eigenvalue weighted by Gasteiger charge is -1.81. The van der Waals surface area contributed by atoms with Crippen LogP contribution in [-0.2, 0) is 0 Å². The number of hydrogen-bond acceptors (Lipinski definition) is 2. The van der Waals surface area contributed by atoms with Crippen LogP contribution in [0.3, 0.4) is 0 Å². The molecular weight excluding hydrogens is 315 g/mol. The van der Waals surface area contributed by atoms with Crippen molar-refractivity contribution < 1.29 is 14.3 Å². The average Bonchev–Trinajstić information content (AvgIpc) is 2.13. The Bertz CT molecular complexity index is 248. The van der Waals surface area contributed by atoms with Crippen molar-refractivity contribution in [3.63, 3.8) is 0 Å². The topological polar surface area (TPSA) is 50.4 Å². The van der Waals surface area contributed by atoms with Crippen LogP contribution in [0.2, 0.25) is 0 Å². The second kappa shape index (κ2) is 2.91. The lowest BCUT2D eigenvalue weighted by Crippen LogP contribution is -1.91. The van der Waals surface area contributed by atoms with Gasteiger partial charge in [0.25, 0.3) is 0 Å². The van der Waals surface area contributed by atoms with Crippen molar-refractivity contribution in [3.8, 4) is 0 Å². The lowest BCUT2D eigenvalue weighted by atomic mass is 10.5. The van der Waals surface area contributed by atoms with Gasteiger partial charge in [0.05, 0.1) is 4.47 Å². The first-order valence-corrected chi connectivity index (χ1v) is 4.16. The minimum absolute atomic E-state index is 0.0451. The van der Waals surface area contributed by atoms with Gasteiger partial charge in [-0.3, -0.25) is 0 Å². The van der Waals surface area contributed by atoms with Gasteiger partial charge in [-0.15, -0.1) is 0 Å². The number of halogens is 2. The zero-order chi connectivity index (χ0) is 7.72. The molecule has 0 atom stereocenters. The maximum atomic E-state index is 10.2. The lowest BCUT2D eigenvalue weighted by molar-refractivity contribution is 0.0661. The van der Waals surface area contributed by atoms with Gasteiger partial charge in [0.1, 0.15) is 0 Å². The first-order chi connectivity index (χ1) is 4.61. The Kier molecular flexibility index (Phi) is 2.35. The fourth-order valence-electron chi connectivity index (χ4n) is 0.452. The van der Waals surface area contributed by atoms with Crippen molar-refractivity contribution in [2.45, 2.75) is 0 Å². The summed E-state index contributed by atoms with van der Waals surface area (Å²) in [5.74, 6) is -1.10. The molecule has 0 radical (unpaired) electrons. The second-order valence-corrected chi connectivity index (χ2v) is 3.37. The maximum Gasteiger partial charge on any atom is 0.371 e. The summed E-state index contributed by atoms with van der Waals surface area (Å²) in [6, 6.07) is 1.42. The summed E-state index contributed by atoms with van der Waals surface area (Å²) in [6.45, 7) is 0. The summed E-state index contributed by atoms with van der Waals surface area (Å²) in [5, 5.41) is 8.40. The van der Waals surface area contributed by atoms with E-state index in [-0.39, 0.29) is 5.76 Å². The minimum atomic E-state index is -1.05. The van der Waals surface area contributed by atoms with Crippen molar-refractivity contribution >= 4 is 44.5 Å². The molecule has 1 aromatic rings. The molecule has 1 rings (SSSR count). The Balaban J connectivity index is 3.10. The minimum Gasteiger partial charge on any atom is -0.475 e. The summed E-state index contributed by atoms with van der Waals surface area (Å²) in [4.78, 5) is 10.2.